The summed E-state index contributed by atoms with van der Waals surface area (Å²) in [5.74, 6) is -0.629. The Morgan fingerprint density at radius 3 is 2.27 bits per heavy atom. The van der Waals surface area contributed by atoms with Crippen LogP contribution in [-0.4, -0.2) is 36.0 Å². The van der Waals surface area contributed by atoms with Gasteiger partial charge in [0.1, 0.15) is 5.54 Å². The zero-order chi connectivity index (χ0) is 18.6. The Balaban J connectivity index is 1.64. The Morgan fingerprint density at radius 2 is 1.73 bits per heavy atom. The van der Waals surface area contributed by atoms with Gasteiger partial charge in [0.25, 0.3) is 5.91 Å². The zero-order valence-corrected chi connectivity index (χ0v) is 15.4. The van der Waals surface area contributed by atoms with Gasteiger partial charge in [0.2, 0.25) is 0 Å². The van der Waals surface area contributed by atoms with Gasteiger partial charge in [-0.3, -0.25) is 9.59 Å². The molecule has 0 atom stereocenters. The number of carbonyl (C=O) groups is 2. The van der Waals surface area contributed by atoms with E-state index in [1.807, 2.05) is 30.3 Å². The molecule has 1 aromatic carbocycles. The molecule has 0 saturated heterocycles. The van der Waals surface area contributed by atoms with Gasteiger partial charge in [-0.15, -0.1) is 0 Å². The standard InChI is InChI=1S/C21H26N2O3/c1-23(20(16-22)11-6-3-7-12-20)18(24)15-26-19(25)21(13-8-14-21)17-9-4-2-5-10-17/h2,4-5,9-10H,3,6-8,11-15H2,1H3. The largest absolute Gasteiger partial charge is 0.455 e. The fraction of sp³-hybridized carbons (Fsp3) is 0.571. The van der Waals surface area contributed by atoms with Crippen molar-refractivity contribution in [1.29, 1.82) is 5.26 Å². The fourth-order valence-corrected chi connectivity index (χ4v) is 4.16. The molecule has 0 aromatic heterocycles. The van der Waals surface area contributed by atoms with E-state index in [0.717, 1.165) is 44.1 Å². The van der Waals surface area contributed by atoms with Crippen molar-refractivity contribution in [1.82, 2.24) is 4.90 Å². The molecule has 0 heterocycles. The zero-order valence-electron chi connectivity index (χ0n) is 15.4. The van der Waals surface area contributed by atoms with Gasteiger partial charge in [-0.2, -0.15) is 5.26 Å². The highest BCUT2D eigenvalue weighted by atomic mass is 16.5. The Kier molecular flexibility index (Phi) is 5.31. The van der Waals surface area contributed by atoms with E-state index in [1.54, 1.807) is 7.05 Å². The van der Waals surface area contributed by atoms with Crippen molar-refractivity contribution in [3.05, 3.63) is 35.9 Å². The maximum absolute atomic E-state index is 12.7. The number of carbonyl (C=O) groups excluding carboxylic acids is 2. The van der Waals surface area contributed by atoms with Crippen molar-refractivity contribution in [2.24, 2.45) is 0 Å². The van der Waals surface area contributed by atoms with Gasteiger partial charge < -0.3 is 9.64 Å². The molecule has 5 heteroatoms. The third-order valence-electron chi connectivity index (χ3n) is 6.16. The summed E-state index contributed by atoms with van der Waals surface area (Å²) < 4.78 is 5.43. The van der Waals surface area contributed by atoms with Gasteiger partial charge in [0.05, 0.1) is 11.5 Å². The Morgan fingerprint density at radius 1 is 1.08 bits per heavy atom. The summed E-state index contributed by atoms with van der Waals surface area (Å²) in [4.78, 5) is 26.8. The van der Waals surface area contributed by atoms with Crippen molar-refractivity contribution in [2.75, 3.05) is 13.7 Å². The topological polar surface area (TPSA) is 70.4 Å². The molecule has 0 aliphatic heterocycles. The number of hydrogen-bond acceptors (Lipinski definition) is 4. The second-order valence-electron chi connectivity index (χ2n) is 7.53. The highest BCUT2D eigenvalue weighted by Gasteiger charge is 2.47. The highest BCUT2D eigenvalue weighted by Crippen LogP contribution is 2.44. The molecule has 0 bridgehead atoms. The van der Waals surface area contributed by atoms with Crippen molar-refractivity contribution in [3.63, 3.8) is 0 Å². The molecule has 2 saturated carbocycles. The molecule has 26 heavy (non-hydrogen) atoms. The lowest BCUT2D eigenvalue weighted by Crippen LogP contribution is -2.52. The minimum atomic E-state index is -0.755. The number of esters is 1. The van der Waals surface area contributed by atoms with Crippen LogP contribution >= 0.6 is 0 Å². The summed E-state index contributed by atoms with van der Waals surface area (Å²) in [5.41, 5.74) is -0.412. The van der Waals surface area contributed by atoms with Crippen LogP contribution < -0.4 is 0 Å². The maximum atomic E-state index is 12.7. The van der Waals surface area contributed by atoms with E-state index in [-0.39, 0.29) is 18.5 Å². The van der Waals surface area contributed by atoms with E-state index < -0.39 is 11.0 Å². The number of ether oxygens (including phenoxy) is 1. The highest BCUT2D eigenvalue weighted by molar-refractivity contribution is 5.87. The van der Waals surface area contributed by atoms with Crippen LogP contribution in [0.4, 0.5) is 0 Å². The third kappa shape index (κ3) is 3.21. The Labute approximate surface area is 154 Å². The Hall–Kier alpha value is -2.35. The molecule has 5 nitrogen and oxygen atoms in total. The predicted octanol–water partition coefficient (Wildman–Crippen LogP) is 3.34. The fourth-order valence-electron chi connectivity index (χ4n) is 4.16. The number of benzene rings is 1. The lowest BCUT2D eigenvalue weighted by molar-refractivity contribution is -0.161. The summed E-state index contributed by atoms with van der Waals surface area (Å²) in [5, 5.41) is 9.61. The number of nitriles is 1. The van der Waals surface area contributed by atoms with Crippen molar-refractivity contribution in [3.8, 4) is 6.07 Å². The summed E-state index contributed by atoms with van der Waals surface area (Å²) in [6.45, 7) is -0.298. The van der Waals surface area contributed by atoms with Crippen LogP contribution in [0, 0.1) is 11.3 Å². The quantitative estimate of drug-likeness (QED) is 0.761. The van der Waals surface area contributed by atoms with E-state index in [2.05, 4.69) is 6.07 Å². The summed E-state index contributed by atoms with van der Waals surface area (Å²) in [7, 11) is 1.65. The molecular formula is C21H26N2O3. The first-order chi connectivity index (χ1) is 12.5. The second-order valence-corrected chi connectivity index (χ2v) is 7.53. The molecule has 0 spiro atoms. The normalized spacial score (nSPS) is 20.3. The van der Waals surface area contributed by atoms with E-state index in [1.165, 1.54) is 4.90 Å². The van der Waals surface area contributed by atoms with Crippen LogP contribution in [0.25, 0.3) is 0 Å². The van der Waals surface area contributed by atoms with Gasteiger partial charge in [-0.05, 0) is 31.2 Å². The van der Waals surface area contributed by atoms with Crippen LogP contribution in [0.15, 0.2) is 30.3 Å². The second kappa shape index (κ2) is 7.49. The van der Waals surface area contributed by atoms with E-state index in [0.29, 0.717) is 12.8 Å². The van der Waals surface area contributed by atoms with Gasteiger partial charge in [0.15, 0.2) is 6.61 Å². The molecule has 1 amide bonds. The molecule has 0 radical (unpaired) electrons. The van der Waals surface area contributed by atoms with Crippen molar-refractivity contribution >= 4 is 11.9 Å². The SMILES string of the molecule is CN(C(=O)COC(=O)C1(c2ccccc2)CCC1)C1(C#N)CCCCC1. The summed E-state index contributed by atoms with van der Waals surface area (Å²) in [6.07, 6.45) is 6.85. The third-order valence-corrected chi connectivity index (χ3v) is 6.16. The first kappa shape index (κ1) is 18.4. The minimum absolute atomic E-state index is 0.298. The van der Waals surface area contributed by atoms with Gasteiger partial charge in [-0.1, -0.05) is 56.0 Å². The molecule has 1 aromatic rings. The molecule has 2 aliphatic rings. The molecule has 3 rings (SSSR count). The van der Waals surface area contributed by atoms with E-state index >= 15 is 0 Å². The average molecular weight is 354 g/mol. The lowest BCUT2D eigenvalue weighted by Gasteiger charge is -2.41. The Bertz CT molecular complexity index is 698. The number of hydrogen-bond donors (Lipinski definition) is 0. The summed E-state index contributed by atoms with van der Waals surface area (Å²) >= 11 is 0. The van der Waals surface area contributed by atoms with Crippen LogP contribution in [0.2, 0.25) is 0 Å². The molecule has 138 valence electrons. The van der Waals surface area contributed by atoms with E-state index in [9.17, 15) is 14.9 Å². The molecule has 2 aliphatic carbocycles. The number of likely N-dealkylation sites (N-methyl/N-ethyl adjacent to an activating group) is 1. The average Bonchev–Trinajstić information content (AvgIpc) is 2.66. The first-order valence-corrected chi connectivity index (χ1v) is 9.45. The van der Waals surface area contributed by atoms with Gasteiger partial charge in [-0.25, -0.2) is 0 Å². The minimum Gasteiger partial charge on any atom is -0.455 e. The van der Waals surface area contributed by atoms with Crippen LogP contribution in [-0.2, 0) is 19.7 Å². The lowest BCUT2D eigenvalue weighted by atomic mass is 9.64. The van der Waals surface area contributed by atoms with Gasteiger partial charge in [0, 0.05) is 7.05 Å². The number of amides is 1. The molecule has 0 N–H and O–H groups in total. The monoisotopic (exact) mass is 354 g/mol. The van der Waals surface area contributed by atoms with Crippen LogP contribution in [0.1, 0.15) is 56.9 Å². The summed E-state index contributed by atoms with van der Waals surface area (Å²) in [6, 6.07) is 12.0. The van der Waals surface area contributed by atoms with Crippen molar-refractivity contribution < 1.29 is 14.3 Å². The van der Waals surface area contributed by atoms with Crippen LogP contribution in [0.3, 0.4) is 0 Å². The molecule has 0 unspecified atom stereocenters. The van der Waals surface area contributed by atoms with E-state index in [4.69, 9.17) is 4.74 Å². The number of nitrogens with zero attached hydrogens (tertiary/aromatic N) is 2. The number of rotatable bonds is 5. The molecular weight excluding hydrogens is 328 g/mol. The van der Waals surface area contributed by atoms with Gasteiger partial charge >= 0.3 is 5.97 Å². The smallest absolute Gasteiger partial charge is 0.317 e. The first-order valence-electron chi connectivity index (χ1n) is 9.45. The van der Waals surface area contributed by atoms with Crippen LogP contribution in [0.5, 0.6) is 0 Å². The molecule has 2 fully saturated rings. The predicted molar refractivity (Wildman–Crippen MR) is 97.1 cm³/mol. The maximum Gasteiger partial charge on any atom is 0.317 e. The van der Waals surface area contributed by atoms with Crippen molar-refractivity contribution in [2.45, 2.75) is 62.3 Å².